The Kier molecular flexibility index (Phi) is 6.68. The van der Waals surface area contributed by atoms with Crippen molar-refractivity contribution < 1.29 is 29.1 Å². The maximum absolute atomic E-state index is 12.3. The molecule has 1 fully saturated rings. The lowest BCUT2D eigenvalue weighted by Crippen LogP contribution is -2.52. The van der Waals surface area contributed by atoms with Gasteiger partial charge in [-0.15, -0.1) is 0 Å². The maximum atomic E-state index is 12.3. The molecule has 1 N–H and O–H groups in total. The predicted molar refractivity (Wildman–Crippen MR) is 105 cm³/mol. The summed E-state index contributed by atoms with van der Waals surface area (Å²) in [5, 5.41) is 20.3. The standard InChI is InChI=1S/C20H21N3O7/c24-17-3-1-2-4-18(17)30-14-20(26)22-11-9-21(10-12-22)19(25)13-29-16-7-5-15(6-8-16)23(27)28/h1-8,24H,9-14H2. The number of hydrogen-bond acceptors (Lipinski definition) is 7. The number of aromatic hydroxyl groups is 1. The first kappa shape index (κ1) is 20.9. The fraction of sp³-hybridized carbons (Fsp3) is 0.300. The Morgan fingerprint density at radius 3 is 1.97 bits per heavy atom. The fourth-order valence-electron chi connectivity index (χ4n) is 2.92. The number of hydrogen-bond donors (Lipinski definition) is 1. The van der Waals surface area contributed by atoms with E-state index in [0.717, 1.165) is 0 Å². The van der Waals surface area contributed by atoms with E-state index in [2.05, 4.69) is 0 Å². The van der Waals surface area contributed by atoms with Crippen molar-refractivity contribution in [2.45, 2.75) is 0 Å². The monoisotopic (exact) mass is 415 g/mol. The molecular formula is C20H21N3O7. The van der Waals surface area contributed by atoms with Gasteiger partial charge in [0.15, 0.2) is 24.7 Å². The molecule has 2 amide bonds. The van der Waals surface area contributed by atoms with Crippen molar-refractivity contribution >= 4 is 17.5 Å². The topological polar surface area (TPSA) is 122 Å². The number of nitro groups is 1. The number of carbonyl (C=O) groups excluding carboxylic acids is 2. The lowest BCUT2D eigenvalue weighted by Gasteiger charge is -2.34. The highest BCUT2D eigenvalue weighted by molar-refractivity contribution is 5.80. The van der Waals surface area contributed by atoms with Gasteiger partial charge in [-0.25, -0.2) is 0 Å². The Morgan fingerprint density at radius 1 is 0.900 bits per heavy atom. The lowest BCUT2D eigenvalue weighted by atomic mass is 10.3. The molecule has 0 unspecified atom stereocenters. The summed E-state index contributed by atoms with van der Waals surface area (Å²) in [5.74, 6) is 0.110. The minimum Gasteiger partial charge on any atom is -0.504 e. The molecule has 0 atom stereocenters. The van der Waals surface area contributed by atoms with E-state index >= 15 is 0 Å². The second-order valence-electron chi connectivity index (χ2n) is 6.56. The zero-order chi connectivity index (χ0) is 21.5. The third-order valence-electron chi connectivity index (χ3n) is 4.61. The molecule has 1 aliphatic rings. The third-order valence-corrected chi connectivity index (χ3v) is 4.61. The molecule has 0 bridgehead atoms. The molecule has 30 heavy (non-hydrogen) atoms. The first-order valence-electron chi connectivity index (χ1n) is 9.27. The second-order valence-corrected chi connectivity index (χ2v) is 6.56. The molecule has 0 radical (unpaired) electrons. The Hall–Kier alpha value is -3.82. The molecule has 1 saturated heterocycles. The van der Waals surface area contributed by atoms with Gasteiger partial charge in [0.05, 0.1) is 4.92 Å². The summed E-state index contributed by atoms with van der Waals surface area (Å²) < 4.78 is 10.7. The zero-order valence-electron chi connectivity index (χ0n) is 16.1. The number of amides is 2. The molecule has 10 heteroatoms. The number of nitrogens with zero attached hydrogens (tertiary/aromatic N) is 3. The number of rotatable bonds is 7. The van der Waals surface area contributed by atoms with Crippen LogP contribution in [0.25, 0.3) is 0 Å². The van der Waals surface area contributed by atoms with E-state index in [1.807, 2.05) is 0 Å². The van der Waals surface area contributed by atoms with Gasteiger partial charge in [-0.1, -0.05) is 12.1 Å². The second kappa shape index (κ2) is 9.59. The molecule has 3 rings (SSSR count). The van der Waals surface area contributed by atoms with E-state index < -0.39 is 4.92 Å². The van der Waals surface area contributed by atoms with Crippen molar-refractivity contribution in [2.24, 2.45) is 0 Å². The van der Waals surface area contributed by atoms with Crippen LogP contribution in [-0.4, -0.2) is 71.0 Å². The number of piperazine rings is 1. The van der Waals surface area contributed by atoms with Crippen molar-refractivity contribution in [1.82, 2.24) is 9.80 Å². The van der Waals surface area contributed by atoms with Gasteiger partial charge in [-0.3, -0.25) is 19.7 Å². The van der Waals surface area contributed by atoms with Crippen molar-refractivity contribution in [1.29, 1.82) is 0 Å². The molecule has 0 spiro atoms. The molecule has 0 aliphatic carbocycles. The van der Waals surface area contributed by atoms with Crippen LogP contribution in [0.15, 0.2) is 48.5 Å². The van der Waals surface area contributed by atoms with Gasteiger partial charge in [-0.05, 0) is 24.3 Å². The van der Waals surface area contributed by atoms with Crippen LogP contribution in [0.1, 0.15) is 0 Å². The van der Waals surface area contributed by atoms with Crippen LogP contribution in [0, 0.1) is 10.1 Å². The van der Waals surface area contributed by atoms with Crippen LogP contribution in [0.3, 0.4) is 0 Å². The Balaban J connectivity index is 1.41. The molecule has 1 heterocycles. The van der Waals surface area contributed by atoms with Gasteiger partial charge in [0.1, 0.15) is 5.75 Å². The van der Waals surface area contributed by atoms with E-state index in [4.69, 9.17) is 9.47 Å². The summed E-state index contributed by atoms with van der Waals surface area (Å²) in [5.41, 5.74) is -0.0547. The SMILES string of the molecule is O=C(COc1ccc([N+](=O)[O-])cc1)N1CCN(C(=O)COc2ccccc2O)CC1. The summed E-state index contributed by atoms with van der Waals surface area (Å²) in [6, 6.07) is 11.9. The highest BCUT2D eigenvalue weighted by Crippen LogP contribution is 2.24. The Labute approximate surface area is 172 Å². The van der Waals surface area contributed by atoms with Gasteiger partial charge in [-0.2, -0.15) is 0 Å². The van der Waals surface area contributed by atoms with Gasteiger partial charge in [0, 0.05) is 38.3 Å². The molecule has 2 aromatic rings. The minimum atomic E-state index is -0.511. The highest BCUT2D eigenvalue weighted by Gasteiger charge is 2.24. The van der Waals surface area contributed by atoms with Gasteiger partial charge in [0.2, 0.25) is 0 Å². The number of non-ortho nitro benzene ring substituents is 1. The fourth-order valence-corrected chi connectivity index (χ4v) is 2.92. The normalized spacial score (nSPS) is 13.6. The van der Waals surface area contributed by atoms with E-state index in [1.165, 1.54) is 30.3 Å². The molecular weight excluding hydrogens is 394 g/mol. The largest absolute Gasteiger partial charge is 0.504 e. The molecule has 10 nitrogen and oxygen atoms in total. The number of nitro benzene ring substituents is 1. The summed E-state index contributed by atoms with van der Waals surface area (Å²) >= 11 is 0. The van der Waals surface area contributed by atoms with Crippen LogP contribution in [0.5, 0.6) is 17.2 Å². The Morgan fingerprint density at radius 2 is 1.43 bits per heavy atom. The number of carbonyl (C=O) groups is 2. The van der Waals surface area contributed by atoms with E-state index in [0.29, 0.717) is 31.9 Å². The van der Waals surface area contributed by atoms with Crippen LogP contribution in [-0.2, 0) is 9.59 Å². The summed E-state index contributed by atoms with van der Waals surface area (Å²) in [4.78, 5) is 37.9. The van der Waals surface area contributed by atoms with Crippen molar-refractivity contribution in [3.05, 3.63) is 58.6 Å². The molecule has 1 aliphatic heterocycles. The third kappa shape index (κ3) is 5.37. The zero-order valence-corrected chi connectivity index (χ0v) is 16.1. The van der Waals surface area contributed by atoms with E-state index in [1.54, 1.807) is 28.0 Å². The van der Waals surface area contributed by atoms with Gasteiger partial charge < -0.3 is 24.4 Å². The quantitative estimate of drug-likeness (QED) is 0.536. The molecule has 0 saturated carbocycles. The average molecular weight is 415 g/mol. The summed E-state index contributed by atoms with van der Waals surface area (Å²) in [7, 11) is 0. The smallest absolute Gasteiger partial charge is 0.269 e. The van der Waals surface area contributed by atoms with E-state index in [9.17, 15) is 24.8 Å². The van der Waals surface area contributed by atoms with Crippen molar-refractivity contribution in [3.63, 3.8) is 0 Å². The lowest BCUT2D eigenvalue weighted by molar-refractivity contribution is -0.384. The van der Waals surface area contributed by atoms with Gasteiger partial charge in [0.25, 0.3) is 17.5 Å². The van der Waals surface area contributed by atoms with Crippen molar-refractivity contribution in [3.8, 4) is 17.2 Å². The number of ether oxygens (including phenoxy) is 2. The number of para-hydroxylation sites is 2. The maximum Gasteiger partial charge on any atom is 0.269 e. The van der Waals surface area contributed by atoms with E-state index in [-0.39, 0.29) is 42.2 Å². The van der Waals surface area contributed by atoms with Gasteiger partial charge >= 0.3 is 0 Å². The molecule has 2 aromatic carbocycles. The summed E-state index contributed by atoms with van der Waals surface area (Å²) in [6.45, 7) is 1.07. The van der Waals surface area contributed by atoms with Crippen LogP contribution in [0.4, 0.5) is 5.69 Å². The molecule has 158 valence electrons. The number of phenolic OH excluding ortho intramolecular Hbond substituents is 1. The molecule has 0 aromatic heterocycles. The van der Waals surface area contributed by atoms with Crippen LogP contribution in [0.2, 0.25) is 0 Å². The number of benzene rings is 2. The van der Waals surface area contributed by atoms with Crippen LogP contribution < -0.4 is 9.47 Å². The first-order valence-corrected chi connectivity index (χ1v) is 9.27. The Bertz CT molecular complexity index is 909. The van der Waals surface area contributed by atoms with Crippen molar-refractivity contribution in [2.75, 3.05) is 39.4 Å². The predicted octanol–water partition coefficient (Wildman–Crippen LogP) is 1.43. The first-order chi connectivity index (χ1) is 14.4. The minimum absolute atomic E-state index is 0.0336. The number of phenols is 1. The highest BCUT2D eigenvalue weighted by atomic mass is 16.6. The average Bonchev–Trinajstić information content (AvgIpc) is 2.77. The van der Waals surface area contributed by atoms with Crippen LogP contribution >= 0.6 is 0 Å². The summed E-state index contributed by atoms with van der Waals surface area (Å²) in [6.07, 6.45) is 0.